The molecule has 1 aliphatic rings. The van der Waals surface area contributed by atoms with Crippen molar-refractivity contribution in [2.75, 3.05) is 0 Å². The van der Waals surface area contributed by atoms with Crippen LogP contribution in [0.2, 0.25) is 0 Å². The minimum absolute atomic E-state index is 0.535. The minimum atomic E-state index is 0.535. The van der Waals surface area contributed by atoms with Gasteiger partial charge in [-0.2, -0.15) is 0 Å². The molecule has 2 unspecified atom stereocenters. The van der Waals surface area contributed by atoms with Crippen molar-refractivity contribution in [2.45, 2.75) is 60.3 Å². The summed E-state index contributed by atoms with van der Waals surface area (Å²) in [7, 11) is 0. The monoisotopic (exact) mass is 182 g/mol. The molecule has 1 saturated carbocycles. The third-order valence-corrected chi connectivity index (χ3v) is 3.88. The summed E-state index contributed by atoms with van der Waals surface area (Å²) in [5, 5.41) is 0. The molecule has 0 radical (unpaired) electrons. The number of hydrogen-bond donors (Lipinski definition) is 0. The average Bonchev–Trinajstić information content (AvgIpc) is 2.03. The van der Waals surface area contributed by atoms with Crippen molar-refractivity contribution >= 4 is 0 Å². The van der Waals surface area contributed by atoms with Gasteiger partial charge in [-0.3, -0.25) is 0 Å². The van der Waals surface area contributed by atoms with Crippen LogP contribution in [0.1, 0.15) is 60.3 Å². The first-order valence-electron chi connectivity index (χ1n) is 5.91. The Hall–Kier alpha value is 0. The maximum Gasteiger partial charge on any atom is -0.0354 e. The van der Waals surface area contributed by atoms with E-state index in [0.717, 1.165) is 17.8 Å². The van der Waals surface area contributed by atoms with Gasteiger partial charge < -0.3 is 0 Å². The molecule has 78 valence electrons. The maximum absolute atomic E-state index is 2.40. The molecule has 0 heteroatoms. The van der Waals surface area contributed by atoms with Gasteiger partial charge in [0.25, 0.3) is 0 Å². The van der Waals surface area contributed by atoms with Crippen molar-refractivity contribution in [3.8, 4) is 0 Å². The lowest BCUT2D eigenvalue weighted by Gasteiger charge is -2.39. The van der Waals surface area contributed by atoms with Crippen LogP contribution < -0.4 is 0 Å². The van der Waals surface area contributed by atoms with Gasteiger partial charge in [0, 0.05) is 0 Å². The lowest BCUT2D eigenvalue weighted by atomic mass is 9.67. The zero-order valence-corrected chi connectivity index (χ0v) is 10.1. The summed E-state index contributed by atoms with van der Waals surface area (Å²) in [6.45, 7) is 12.0. The minimum Gasteiger partial charge on any atom is -0.0625 e. The molecule has 1 rings (SSSR count). The molecular weight excluding hydrogens is 156 g/mol. The number of rotatable bonds is 1. The van der Waals surface area contributed by atoms with Gasteiger partial charge in [-0.15, -0.1) is 0 Å². The van der Waals surface area contributed by atoms with E-state index in [4.69, 9.17) is 0 Å². The van der Waals surface area contributed by atoms with Gasteiger partial charge in [-0.25, -0.2) is 0 Å². The molecule has 0 aliphatic heterocycles. The van der Waals surface area contributed by atoms with Crippen LogP contribution in [0.5, 0.6) is 0 Å². The third-order valence-electron chi connectivity index (χ3n) is 3.88. The third kappa shape index (κ3) is 3.00. The molecule has 0 aromatic rings. The standard InChI is InChI=1S/C13H26/c1-10(2)11-7-6-8-12(9-11)13(3,4)5/h10-12H,6-9H2,1-5H3. The van der Waals surface area contributed by atoms with Crippen molar-refractivity contribution in [1.29, 1.82) is 0 Å². The maximum atomic E-state index is 2.40. The van der Waals surface area contributed by atoms with Crippen LogP contribution in [0.15, 0.2) is 0 Å². The second-order valence-corrected chi connectivity index (χ2v) is 6.23. The Bertz CT molecular complexity index is 150. The molecule has 0 spiro atoms. The Labute approximate surface area is 84.1 Å². The Kier molecular flexibility index (Phi) is 3.43. The summed E-state index contributed by atoms with van der Waals surface area (Å²) in [6.07, 6.45) is 5.88. The Morgan fingerprint density at radius 2 is 1.69 bits per heavy atom. The summed E-state index contributed by atoms with van der Waals surface area (Å²) < 4.78 is 0. The van der Waals surface area contributed by atoms with E-state index in [1.54, 1.807) is 0 Å². The quantitative estimate of drug-likeness (QED) is 0.560. The number of hydrogen-bond acceptors (Lipinski definition) is 0. The second kappa shape index (κ2) is 4.02. The van der Waals surface area contributed by atoms with Gasteiger partial charge in [0.15, 0.2) is 0 Å². The highest BCUT2D eigenvalue weighted by Crippen LogP contribution is 2.42. The van der Waals surface area contributed by atoms with E-state index in [9.17, 15) is 0 Å². The zero-order chi connectivity index (χ0) is 10.1. The van der Waals surface area contributed by atoms with E-state index in [2.05, 4.69) is 34.6 Å². The van der Waals surface area contributed by atoms with Crippen molar-refractivity contribution in [3.05, 3.63) is 0 Å². The molecule has 0 bridgehead atoms. The fourth-order valence-corrected chi connectivity index (χ4v) is 2.62. The van der Waals surface area contributed by atoms with Gasteiger partial charge in [0.05, 0.1) is 0 Å². The van der Waals surface area contributed by atoms with Crippen molar-refractivity contribution in [2.24, 2.45) is 23.2 Å². The van der Waals surface area contributed by atoms with E-state index in [-0.39, 0.29) is 0 Å². The van der Waals surface area contributed by atoms with Gasteiger partial charge in [-0.05, 0) is 36.0 Å². The van der Waals surface area contributed by atoms with Crippen molar-refractivity contribution in [3.63, 3.8) is 0 Å². The highest BCUT2D eigenvalue weighted by Gasteiger charge is 2.31. The normalized spacial score (nSPS) is 30.9. The predicted molar refractivity (Wildman–Crippen MR) is 59.7 cm³/mol. The highest BCUT2D eigenvalue weighted by atomic mass is 14.4. The van der Waals surface area contributed by atoms with Crippen LogP contribution in [0.4, 0.5) is 0 Å². The molecule has 0 N–H and O–H groups in total. The molecule has 1 fully saturated rings. The molecule has 13 heavy (non-hydrogen) atoms. The first-order valence-corrected chi connectivity index (χ1v) is 5.91. The molecule has 2 atom stereocenters. The van der Waals surface area contributed by atoms with E-state index < -0.39 is 0 Å². The fraction of sp³-hybridized carbons (Fsp3) is 1.00. The average molecular weight is 182 g/mol. The predicted octanol–water partition coefficient (Wildman–Crippen LogP) is 4.49. The summed E-state index contributed by atoms with van der Waals surface area (Å²) >= 11 is 0. The molecular formula is C13H26. The largest absolute Gasteiger partial charge is 0.0625 e. The molecule has 0 saturated heterocycles. The molecule has 0 aromatic carbocycles. The fourth-order valence-electron chi connectivity index (χ4n) is 2.62. The van der Waals surface area contributed by atoms with Crippen molar-refractivity contribution in [1.82, 2.24) is 0 Å². The van der Waals surface area contributed by atoms with Crippen LogP contribution in [0, 0.1) is 23.2 Å². The summed E-state index contributed by atoms with van der Waals surface area (Å²) in [5.74, 6) is 2.86. The van der Waals surface area contributed by atoms with Crippen LogP contribution >= 0.6 is 0 Å². The zero-order valence-electron chi connectivity index (χ0n) is 10.1. The SMILES string of the molecule is CC(C)C1CCCC(C(C)(C)C)C1. The van der Waals surface area contributed by atoms with E-state index in [1.807, 2.05) is 0 Å². The topological polar surface area (TPSA) is 0 Å². The Morgan fingerprint density at radius 1 is 1.08 bits per heavy atom. The van der Waals surface area contributed by atoms with Crippen molar-refractivity contribution < 1.29 is 0 Å². The van der Waals surface area contributed by atoms with Crippen LogP contribution in [-0.2, 0) is 0 Å². The van der Waals surface area contributed by atoms with Gasteiger partial charge in [0.2, 0.25) is 0 Å². The molecule has 0 amide bonds. The molecule has 0 nitrogen and oxygen atoms in total. The summed E-state index contributed by atoms with van der Waals surface area (Å²) in [6, 6.07) is 0. The second-order valence-electron chi connectivity index (χ2n) is 6.23. The lowest BCUT2D eigenvalue weighted by Crippen LogP contribution is -2.28. The molecule has 0 heterocycles. The van der Waals surface area contributed by atoms with Crippen LogP contribution in [-0.4, -0.2) is 0 Å². The Morgan fingerprint density at radius 3 is 2.15 bits per heavy atom. The summed E-state index contributed by atoms with van der Waals surface area (Å²) in [4.78, 5) is 0. The van der Waals surface area contributed by atoms with Gasteiger partial charge in [0.1, 0.15) is 0 Å². The van der Waals surface area contributed by atoms with Gasteiger partial charge in [-0.1, -0.05) is 47.5 Å². The van der Waals surface area contributed by atoms with E-state index in [1.165, 1.54) is 25.7 Å². The molecule has 1 aliphatic carbocycles. The first-order chi connectivity index (χ1) is 5.91. The van der Waals surface area contributed by atoms with E-state index >= 15 is 0 Å². The van der Waals surface area contributed by atoms with Crippen LogP contribution in [0.25, 0.3) is 0 Å². The molecule has 0 aromatic heterocycles. The van der Waals surface area contributed by atoms with E-state index in [0.29, 0.717) is 5.41 Å². The highest BCUT2D eigenvalue weighted by molar-refractivity contribution is 4.82. The summed E-state index contributed by atoms with van der Waals surface area (Å²) in [5.41, 5.74) is 0.535. The van der Waals surface area contributed by atoms with Gasteiger partial charge >= 0.3 is 0 Å². The van der Waals surface area contributed by atoms with Crippen LogP contribution in [0.3, 0.4) is 0 Å². The lowest BCUT2D eigenvalue weighted by molar-refractivity contribution is 0.120. The first kappa shape index (κ1) is 11.1. The smallest absolute Gasteiger partial charge is 0.0354 e. The Balaban J connectivity index is 2.52.